The number of carbonyl (C=O) groups is 1. The van der Waals surface area contributed by atoms with Crippen LogP contribution in [0.4, 0.5) is 0 Å². The molecule has 1 amide bonds. The number of rotatable bonds is 5. The minimum absolute atomic E-state index is 0.0885. The molecule has 4 nitrogen and oxygen atoms in total. The van der Waals surface area contributed by atoms with Crippen molar-refractivity contribution in [3.63, 3.8) is 0 Å². The summed E-state index contributed by atoms with van der Waals surface area (Å²) in [6, 6.07) is 6.77. The number of hydrogen-bond acceptors (Lipinski definition) is 3. The van der Waals surface area contributed by atoms with E-state index in [1.807, 2.05) is 6.92 Å². The van der Waals surface area contributed by atoms with Gasteiger partial charge < -0.3 is 4.74 Å². The van der Waals surface area contributed by atoms with Crippen LogP contribution in [-0.2, 0) is 4.79 Å². The van der Waals surface area contributed by atoms with Crippen LogP contribution in [0.3, 0.4) is 0 Å². The molecule has 0 aromatic heterocycles. The zero-order valence-corrected chi connectivity index (χ0v) is 10.1. The minimum atomic E-state index is -0.319. The van der Waals surface area contributed by atoms with E-state index in [1.54, 1.807) is 36.4 Å². The summed E-state index contributed by atoms with van der Waals surface area (Å²) in [7, 11) is 0. The number of ether oxygens (including phenoxy) is 1. The van der Waals surface area contributed by atoms with Gasteiger partial charge in [-0.3, -0.25) is 4.79 Å². The molecule has 17 heavy (non-hydrogen) atoms. The van der Waals surface area contributed by atoms with E-state index in [0.717, 1.165) is 0 Å². The van der Waals surface area contributed by atoms with Crippen molar-refractivity contribution >= 4 is 23.7 Å². The highest BCUT2D eigenvalue weighted by Gasteiger charge is 2.00. The molecule has 0 aliphatic heterocycles. The third-order valence-corrected chi connectivity index (χ3v) is 1.98. The van der Waals surface area contributed by atoms with Crippen molar-refractivity contribution in [2.75, 3.05) is 6.61 Å². The summed E-state index contributed by atoms with van der Waals surface area (Å²) in [6.07, 6.45) is 5.00. The van der Waals surface area contributed by atoms with E-state index in [9.17, 15) is 4.79 Å². The van der Waals surface area contributed by atoms with Gasteiger partial charge in [-0.2, -0.15) is 5.10 Å². The lowest BCUT2D eigenvalue weighted by Gasteiger charge is -2.04. The van der Waals surface area contributed by atoms with Crippen LogP contribution < -0.4 is 10.2 Å². The Hall–Kier alpha value is -1.81. The first-order chi connectivity index (χ1) is 8.22. The Morgan fingerprint density at radius 2 is 2.18 bits per heavy atom. The van der Waals surface area contributed by atoms with Crippen molar-refractivity contribution in [1.82, 2.24) is 5.43 Å². The van der Waals surface area contributed by atoms with Gasteiger partial charge in [0.15, 0.2) is 6.61 Å². The van der Waals surface area contributed by atoms with Gasteiger partial charge in [-0.25, -0.2) is 5.43 Å². The molecule has 0 fully saturated rings. The van der Waals surface area contributed by atoms with E-state index in [2.05, 4.69) is 10.5 Å². The van der Waals surface area contributed by atoms with Crippen LogP contribution in [0.15, 0.2) is 41.5 Å². The van der Waals surface area contributed by atoms with Crippen LogP contribution in [0.5, 0.6) is 5.75 Å². The van der Waals surface area contributed by atoms with Gasteiger partial charge in [-0.05, 0) is 37.3 Å². The largest absolute Gasteiger partial charge is 0.484 e. The Labute approximate surface area is 105 Å². The summed E-state index contributed by atoms with van der Waals surface area (Å²) in [6.45, 7) is 1.77. The zero-order valence-electron chi connectivity index (χ0n) is 9.39. The van der Waals surface area contributed by atoms with Crippen molar-refractivity contribution < 1.29 is 9.53 Å². The molecule has 1 rings (SSSR count). The second-order valence-electron chi connectivity index (χ2n) is 3.08. The predicted molar refractivity (Wildman–Crippen MR) is 68.4 cm³/mol. The maximum atomic E-state index is 11.2. The van der Waals surface area contributed by atoms with Crippen molar-refractivity contribution in [2.45, 2.75) is 6.92 Å². The average molecular weight is 253 g/mol. The number of amides is 1. The number of allylic oxidation sites excluding steroid dienone is 2. The normalized spacial score (nSPS) is 10.9. The highest BCUT2D eigenvalue weighted by Crippen LogP contribution is 2.15. The SMILES string of the molecule is C/C=C/C=N/NC(=O)COc1ccc(Cl)cc1. The lowest BCUT2D eigenvalue weighted by Crippen LogP contribution is -2.24. The summed E-state index contributed by atoms with van der Waals surface area (Å²) < 4.78 is 5.22. The second-order valence-corrected chi connectivity index (χ2v) is 3.52. The highest BCUT2D eigenvalue weighted by molar-refractivity contribution is 6.30. The van der Waals surface area contributed by atoms with Crippen LogP contribution >= 0.6 is 11.6 Å². The molecular weight excluding hydrogens is 240 g/mol. The quantitative estimate of drug-likeness (QED) is 0.646. The van der Waals surface area contributed by atoms with Crippen LogP contribution in [-0.4, -0.2) is 18.7 Å². The van der Waals surface area contributed by atoms with Gasteiger partial charge in [-0.15, -0.1) is 0 Å². The molecule has 0 saturated heterocycles. The third kappa shape index (κ3) is 5.73. The number of hydrogen-bond donors (Lipinski definition) is 1. The van der Waals surface area contributed by atoms with Crippen molar-refractivity contribution in [2.24, 2.45) is 5.10 Å². The van der Waals surface area contributed by atoms with E-state index in [1.165, 1.54) is 6.21 Å². The average Bonchev–Trinajstić information content (AvgIpc) is 2.34. The van der Waals surface area contributed by atoms with E-state index in [4.69, 9.17) is 16.3 Å². The standard InChI is InChI=1S/C12H13ClN2O2/c1-2-3-8-14-15-12(16)9-17-11-6-4-10(13)5-7-11/h2-8H,9H2,1H3,(H,15,16)/b3-2+,14-8+. The Kier molecular flexibility index (Phi) is 5.82. The summed E-state index contributed by atoms with van der Waals surface area (Å²) in [5.41, 5.74) is 2.33. The van der Waals surface area contributed by atoms with Gasteiger partial charge in [0.05, 0.1) is 0 Å². The fourth-order valence-electron chi connectivity index (χ4n) is 0.950. The van der Waals surface area contributed by atoms with Crippen LogP contribution in [0.1, 0.15) is 6.92 Å². The summed E-state index contributed by atoms with van der Waals surface area (Å²) in [5.74, 6) is 0.266. The number of benzene rings is 1. The topological polar surface area (TPSA) is 50.7 Å². The molecule has 0 unspecified atom stereocenters. The molecular formula is C12H13ClN2O2. The second kappa shape index (κ2) is 7.46. The molecule has 5 heteroatoms. The zero-order chi connectivity index (χ0) is 12.5. The highest BCUT2D eigenvalue weighted by atomic mass is 35.5. The van der Waals surface area contributed by atoms with E-state index in [-0.39, 0.29) is 12.5 Å². The summed E-state index contributed by atoms with van der Waals surface area (Å²) in [5, 5.41) is 4.30. The first-order valence-electron chi connectivity index (χ1n) is 5.04. The smallest absolute Gasteiger partial charge is 0.277 e. The van der Waals surface area contributed by atoms with E-state index >= 15 is 0 Å². The lowest BCUT2D eigenvalue weighted by molar-refractivity contribution is -0.123. The fourth-order valence-corrected chi connectivity index (χ4v) is 1.08. The Balaban J connectivity index is 2.30. The molecule has 0 bridgehead atoms. The maximum Gasteiger partial charge on any atom is 0.277 e. The number of nitrogens with zero attached hydrogens (tertiary/aromatic N) is 1. The Bertz CT molecular complexity index is 413. The predicted octanol–water partition coefficient (Wildman–Crippen LogP) is 2.40. The minimum Gasteiger partial charge on any atom is -0.484 e. The van der Waals surface area contributed by atoms with Gasteiger partial charge in [-0.1, -0.05) is 17.7 Å². The monoisotopic (exact) mass is 252 g/mol. The molecule has 0 atom stereocenters. The van der Waals surface area contributed by atoms with Crippen molar-refractivity contribution in [3.05, 3.63) is 41.4 Å². The maximum absolute atomic E-state index is 11.2. The fraction of sp³-hybridized carbons (Fsp3) is 0.167. The van der Waals surface area contributed by atoms with E-state index in [0.29, 0.717) is 10.8 Å². The lowest BCUT2D eigenvalue weighted by atomic mass is 10.3. The molecule has 1 aromatic carbocycles. The number of nitrogens with one attached hydrogen (secondary N) is 1. The molecule has 0 aliphatic rings. The van der Waals surface area contributed by atoms with Crippen LogP contribution in [0.25, 0.3) is 0 Å². The summed E-state index contributed by atoms with van der Waals surface area (Å²) >= 11 is 5.71. The molecule has 0 heterocycles. The molecule has 0 aliphatic carbocycles. The van der Waals surface area contributed by atoms with Crippen molar-refractivity contribution in [3.8, 4) is 5.75 Å². The molecule has 0 spiro atoms. The molecule has 90 valence electrons. The molecule has 1 N–H and O–H groups in total. The first-order valence-corrected chi connectivity index (χ1v) is 5.41. The Morgan fingerprint density at radius 3 is 2.82 bits per heavy atom. The molecule has 1 aromatic rings. The van der Waals surface area contributed by atoms with Crippen LogP contribution in [0.2, 0.25) is 5.02 Å². The van der Waals surface area contributed by atoms with Gasteiger partial charge >= 0.3 is 0 Å². The van der Waals surface area contributed by atoms with Gasteiger partial charge in [0, 0.05) is 11.2 Å². The third-order valence-electron chi connectivity index (χ3n) is 1.73. The Morgan fingerprint density at radius 1 is 1.47 bits per heavy atom. The molecule has 0 radical (unpaired) electrons. The van der Waals surface area contributed by atoms with Gasteiger partial charge in [0.2, 0.25) is 0 Å². The first kappa shape index (κ1) is 13.3. The van der Waals surface area contributed by atoms with Crippen LogP contribution in [0, 0.1) is 0 Å². The molecule has 0 saturated carbocycles. The number of carbonyl (C=O) groups excluding carboxylic acids is 1. The van der Waals surface area contributed by atoms with Crippen molar-refractivity contribution in [1.29, 1.82) is 0 Å². The number of hydrazone groups is 1. The number of halogens is 1. The van der Waals surface area contributed by atoms with Gasteiger partial charge in [0.25, 0.3) is 5.91 Å². The summed E-state index contributed by atoms with van der Waals surface area (Å²) in [4.78, 5) is 11.2. The van der Waals surface area contributed by atoms with Gasteiger partial charge in [0.1, 0.15) is 5.75 Å². The van der Waals surface area contributed by atoms with E-state index < -0.39 is 0 Å².